The van der Waals surface area contributed by atoms with E-state index in [1.54, 1.807) is 0 Å². The highest BCUT2D eigenvalue weighted by Gasteiger charge is 2.41. The molecule has 0 spiro atoms. The van der Waals surface area contributed by atoms with Gasteiger partial charge in [-0.2, -0.15) is 11.8 Å². The average Bonchev–Trinajstić information content (AvgIpc) is 2.64. The molecule has 2 aliphatic rings. The Morgan fingerprint density at radius 2 is 2.58 bits per heavy atom. The first-order valence-electron chi connectivity index (χ1n) is 4.36. The van der Waals surface area contributed by atoms with E-state index in [4.69, 9.17) is 4.74 Å². The quantitative estimate of drug-likeness (QED) is 0.620. The summed E-state index contributed by atoms with van der Waals surface area (Å²) in [7, 11) is 0. The van der Waals surface area contributed by atoms with Crippen molar-refractivity contribution >= 4 is 17.9 Å². The van der Waals surface area contributed by atoms with Crippen LogP contribution in [-0.4, -0.2) is 41.2 Å². The largest absolute Gasteiger partial charge is 0.450 e. The minimum Gasteiger partial charge on any atom is -0.450 e. The summed E-state index contributed by atoms with van der Waals surface area (Å²) in [5.41, 5.74) is 0. The molecule has 2 aliphatic heterocycles. The van der Waals surface area contributed by atoms with Gasteiger partial charge in [-0.15, -0.1) is 0 Å². The van der Waals surface area contributed by atoms with Gasteiger partial charge in [-0.1, -0.05) is 0 Å². The number of amides is 1. The number of fused-ring (bicyclic) bond motifs is 2. The Labute approximate surface area is 76.4 Å². The monoisotopic (exact) mass is 187 g/mol. The molecule has 0 radical (unpaired) electrons. The molecular formula is C8H13NO2S. The van der Waals surface area contributed by atoms with Gasteiger partial charge in [0.05, 0.1) is 6.61 Å². The minimum atomic E-state index is -0.120. The molecule has 0 aromatic heterocycles. The smallest absolute Gasteiger partial charge is 0.410 e. The third-order valence-electron chi connectivity index (χ3n) is 2.40. The molecule has 2 bridgehead atoms. The van der Waals surface area contributed by atoms with E-state index in [0.717, 1.165) is 12.3 Å². The van der Waals surface area contributed by atoms with Gasteiger partial charge >= 0.3 is 6.09 Å². The Balaban J connectivity index is 1.93. The molecule has 0 aromatic rings. The van der Waals surface area contributed by atoms with Crippen molar-refractivity contribution in [2.45, 2.75) is 24.6 Å². The number of rotatable bonds is 1. The summed E-state index contributed by atoms with van der Waals surface area (Å²) >= 11 is 1.98. The first-order chi connectivity index (χ1) is 5.81. The molecule has 1 amide bonds. The third-order valence-corrected chi connectivity index (χ3v) is 3.79. The van der Waals surface area contributed by atoms with Crippen molar-refractivity contribution in [3.8, 4) is 0 Å². The van der Waals surface area contributed by atoms with Gasteiger partial charge in [-0.05, 0) is 13.3 Å². The Kier molecular flexibility index (Phi) is 2.17. The normalized spacial score (nSPS) is 32.6. The number of hydrogen-bond acceptors (Lipinski definition) is 3. The molecule has 68 valence electrons. The van der Waals surface area contributed by atoms with Crippen LogP contribution in [0.15, 0.2) is 0 Å². The molecule has 2 heterocycles. The molecule has 2 saturated heterocycles. The molecule has 2 atom stereocenters. The Morgan fingerprint density at radius 3 is 3.08 bits per heavy atom. The summed E-state index contributed by atoms with van der Waals surface area (Å²) < 4.78 is 4.96. The van der Waals surface area contributed by atoms with Gasteiger partial charge in [0, 0.05) is 23.6 Å². The third kappa shape index (κ3) is 1.28. The number of nitrogens with zero attached hydrogens (tertiary/aromatic N) is 1. The van der Waals surface area contributed by atoms with Crippen molar-refractivity contribution in [3.63, 3.8) is 0 Å². The van der Waals surface area contributed by atoms with Crippen LogP contribution in [0.1, 0.15) is 13.3 Å². The summed E-state index contributed by atoms with van der Waals surface area (Å²) in [5.74, 6) is 1.10. The maximum Gasteiger partial charge on any atom is 0.410 e. The van der Waals surface area contributed by atoms with E-state index >= 15 is 0 Å². The van der Waals surface area contributed by atoms with Gasteiger partial charge in [0.25, 0.3) is 0 Å². The Bertz CT molecular complexity index is 197. The van der Waals surface area contributed by atoms with Gasteiger partial charge in [0.2, 0.25) is 0 Å². The number of carbonyl (C=O) groups is 1. The van der Waals surface area contributed by atoms with Crippen molar-refractivity contribution < 1.29 is 9.53 Å². The fourth-order valence-electron chi connectivity index (χ4n) is 1.83. The first kappa shape index (κ1) is 8.23. The highest BCUT2D eigenvalue weighted by atomic mass is 32.2. The number of thioether (sulfide) groups is 1. The lowest BCUT2D eigenvalue weighted by Gasteiger charge is -2.25. The van der Waals surface area contributed by atoms with Crippen LogP contribution in [0.2, 0.25) is 0 Å². The van der Waals surface area contributed by atoms with Crippen molar-refractivity contribution in [3.05, 3.63) is 0 Å². The lowest BCUT2D eigenvalue weighted by Crippen LogP contribution is -2.39. The molecular weight excluding hydrogens is 174 g/mol. The maximum atomic E-state index is 11.3. The zero-order valence-electron chi connectivity index (χ0n) is 7.16. The first-order valence-corrected chi connectivity index (χ1v) is 5.41. The average molecular weight is 187 g/mol. The van der Waals surface area contributed by atoms with Crippen molar-refractivity contribution in [1.29, 1.82) is 0 Å². The van der Waals surface area contributed by atoms with Crippen LogP contribution < -0.4 is 0 Å². The van der Waals surface area contributed by atoms with Crippen LogP contribution in [0.3, 0.4) is 0 Å². The fourth-order valence-corrected chi connectivity index (χ4v) is 3.26. The van der Waals surface area contributed by atoms with E-state index in [2.05, 4.69) is 0 Å². The summed E-state index contributed by atoms with van der Waals surface area (Å²) in [4.78, 5) is 13.2. The van der Waals surface area contributed by atoms with E-state index in [-0.39, 0.29) is 6.09 Å². The van der Waals surface area contributed by atoms with E-state index in [1.165, 1.54) is 6.42 Å². The van der Waals surface area contributed by atoms with E-state index in [9.17, 15) is 4.79 Å². The second-order valence-electron chi connectivity index (χ2n) is 3.20. The molecule has 0 saturated carbocycles. The molecule has 0 aromatic carbocycles. The number of carbonyl (C=O) groups excluding carboxylic acids is 1. The van der Waals surface area contributed by atoms with E-state index in [0.29, 0.717) is 17.9 Å². The van der Waals surface area contributed by atoms with Crippen LogP contribution in [0.25, 0.3) is 0 Å². The van der Waals surface area contributed by atoms with Crippen molar-refractivity contribution in [2.75, 3.05) is 18.9 Å². The molecule has 4 heteroatoms. The van der Waals surface area contributed by atoms with Crippen LogP contribution in [0.5, 0.6) is 0 Å². The van der Waals surface area contributed by atoms with Crippen LogP contribution in [0.4, 0.5) is 4.79 Å². The molecule has 0 aliphatic carbocycles. The van der Waals surface area contributed by atoms with Gasteiger partial charge in [-0.3, -0.25) is 0 Å². The highest BCUT2D eigenvalue weighted by Crippen LogP contribution is 2.37. The predicted molar refractivity (Wildman–Crippen MR) is 48.4 cm³/mol. The summed E-state index contributed by atoms with van der Waals surface area (Å²) in [5, 5.41) is 0.680. The second-order valence-corrected chi connectivity index (χ2v) is 4.53. The van der Waals surface area contributed by atoms with E-state index in [1.807, 2.05) is 23.6 Å². The molecule has 2 fully saturated rings. The lowest BCUT2D eigenvalue weighted by atomic mass is 10.2. The number of likely N-dealkylation sites (tertiary alicyclic amines) is 1. The lowest BCUT2D eigenvalue weighted by molar-refractivity contribution is 0.105. The molecule has 0 N–H and O–H groups in total. The highest BCUT2D eigenvalue weighted by molar-refractivity contribution is 8.00. The summed E-state index contributed by atoms with van der Waals surface area (Å²) in [6.45, 7) is 3.23. The molecule has 3 nitrogen and oxygen atoms in total. The zero-order chi connectivity index (χ0) is 8.55. The maximum absolute atomic E-state index is 11.3. The van der Waals surface area contributed by atoms with Gasteiger partial charge in [0.1, 0.15) is 0 Å². The SMILES string of the molecule is CCOC(=O)N1C[C@H]2C[C@H]1CS2. The Morgan fingerprint density at radius 1 is 1.75 bits per heavy atom. The van der Waals surface area contributed by atoms with Crippen molar-refractivity contribution in [1.82, 2.24) is 4.90 Å². The molecule has 0 unspecified atom stereocenters. The number of hydrogen-bond donors (Lipinski definition) is 0. The number of ether oxygens (including phenoxy) is 1. The van der Waals surface area contributed by atoms with Gasteiger partial charge < -0.3 is 9.64 Å². The van der Waals surface area contributed by atoms with Crippen LogP contribution >= 0.6 is 11.8 Å². The second kappa shape index (κ2) is 3.17. The van der Waals surface area contributed by atoms with Crippen molar-refractivity contribution in [2.24, 2.45) is 0 Å². The Hall–Kier alpha value is -0.380. The molecule has 12 heavy (non-hydrogen) atoms. The zero-order valence-corrected chi connectivity index (χ0v) is 7.97. The summed E-state index contributed by atoms with van der Waals surface area (Å²) in [6.07, 6.45) is 1.05. The minimum absolute atomic E-state index is 0.120. The van der Waals surface area contributed by atoms with Crippen LogP contribution in [-0.2, 0) is 4.74 Å². The standard InChI is InChI=1S/C8H13NO2S/c1-2-11-8(10)9-4-7-3-6(9)5-12-7/h6-7H,2-5H2,1H3/t6-,7+/m0/s1. The van der Waals surface area contributed by atoms with Crippen LogP contribution in [0, 0.1) is 0 Å². The molecule has 2 rings (SSSR count). The topological polar surface area (TPSA) is 29.5 Å². The van der Waals surface area contributed by atoms with E-state index < -0.39 is 0 Å². The van der Waals surface area contributed by atoms with Gasteiger partial charge in [0.15, 0.2) is 0 Å². The summed E-state index contributed by atoms with van der Waals surface area (Å²) in [6, 6.07) is 0.457. The fraction of sp³-hybridized carbons (Fsp3) is 0.875. The van der Waals surface area contributed by atoms with Gasteiger partial charge in [-0.25, -0.2) is 4.79 Å². The predicted octanol–water partition coefficient (Wildman–Crippen LogP) is 1.33.